The molecule has 4 N–H and O–H groups in total. The van der Waals surface area contributed by atoms with E-state index in [0.717, 1.165) is 6.54 Å². The number of benzene rings is 1. The van der Waals surface area contributed by atoms with Gasteiger partial charge < -0.3 is 21.1 Å². The van der Waals surface area contributed by atoms with Gasteiger partial charge in [0, 0.05) is 36.2 Å². The van der Waals surface area contributed by atoms with Gasteiger partial charge in [-0.05, 0) is 43.3 Å². The number of piperidine rings is 1. The van der Waals surface area contributed by atoms with Crippen LogP contribution in [-0.2, 0) is 9.59 Å². The van der Waals surface area contributed by atoms with Gasteiger partial charge in [0.1, 0.15) is 11.3 Å². The van der Waals surface area contributed by atoms with Crippen molar-refractivity contribution < 1.29 is 14.7 Å². The molecule has 1 saturated heterocycles. The lowest BCUT2D eigenvalue weighted by Crippen LogP contribution is -2.55. The van der Waals surface area contributed by atoms with Gasteiger partial charge in [-0.15, -0.1) is 0 Å². The number of aliphatic hydroxyl groups excluding tert-OH is 1. The van der Waals surface area contributed by atoms with E-state index in [1.54, 1.807) is 42.6 Å². The summed E-state index contributed by atoms with van der Waals surface area (Å²) in [7, 11) is 0. The fraction of sp³-hybridized carbons (Fsp3) is 0.250. The van der Waals surface area contributed by atoms with Crippen molar-refractivity contribution in [2.24, 2.45) is 5.92 Å². The summed E-state index contributed by atoms with van der Waals surface area (Å²) in [5, 5.41) is 19.1. The van der Waals surface area contributed by atoms with E-state index in [1.165, 1.54) is 10.6 Å². The quantitative estimate of drug-likeness (QED) is 0.586. The van der Waals surface area contributed by atoms with Crippen LogP contribution in [0.1, 0.15) is 6.42 Å². The molecule has 4 rings (SSSR count). The van der Waals surface area contributed by atoms with Crippen LogP contribution < -0.4 is 21.5 Å². The molecule has 2 aliphatic heterocycles. The molecule has 1 aromatic carbocycles. The van der Waals surface area contributed by atoms with Crippen LogP contribution in [-0.4, -0.2) is 40.6 Å². The van der Waals surface area contributed by atoms with Gasteiger partial charge >= 0.3 is 0 Å². The van der Waals surface area contributed by atoms with E-state index >= 15 is 0 Å². The van der Waals surface area contributed by atoms with Gasteiger partial charge in [0.25, 0.3) is 17.4 Å². The van der Waals surface area contributed by atoms with Gasteiger partial charge in [-0.3, -0.25) is 19.0 Å². The molecule has 1 aromatic heterocycles. The lowest BCUT2D eigenvalue weighted by Gasteiger charge is -2.36. The Morgan fingerprint density at radius 2 is 1.93 bits per heavy atom. The Hall–Kier alpha value is -3.39. The highest BCUT2D eigenvalue weighted by atomic mass is 16.3. The van der Waals surface area contributed by atoms with Crippen molar-refractivity contribution in [3.63, 3.8) is 0 Å². The second-order valence-corrected chi connectivity index (χ2v) is 6.85. The summed E-state index contributed by atoms with van der Waals surface area (Å²) in [4.78, 5) is 36.8. The van der Waals surface area contributed by atoms with Gasteiger partial charge in [-0.25, -0.2) is 0 Å². The fourth-order valence-electron chi connectivity index (χ4n) is 3.62. The maximum absolute atomic E-state index is 12.6. The van der Waals surface area contributed by atoms with Gasteiger partial charge in [0.05, 0.1) is 5.92 Å². The van der Waals surface area contributed by atoms with Gasteiger partial charge in [-0.2, -0.15) is 0 Å². The predicted molar refractivity (Wildman–Crippen MR) is 103 cm³/mol. The van der Waals surface area contributed by atoms with Gasteiger partial charge in [-0.1, -0.05) is 6.07 Å². The van der Waals surface area contributed by atoms with E-state index in [0.29, 0.717) is 24.3 Å². The molecule has 28 heavy (non-hydrogen) atoms. The Balaban J connectivity index is 1.54. The van der Waals surface area contributed by atoms with Crippen molar-refractivity contribution in [1.82, 2.24) is 15.2 Å². The normalized spacial score (nSPS) is 21.6. The second kappa shape index (κ2) is 7.32. The lowest BCUT2D eigenvalue weighted by molar-refractivity contribution is -0.123. The Kier molecular flexibility index (Phi) is 4.70. The predicted octanol–water partition coefficient (Wildman–Crippen LogP) is 0.696. The second-order valence-electron chi connectivity index (χ2n) is 6.85. The first-order valence-electron chi connectivity index (χ1n) is 9.09. The van der Waals surface area contributed by atoms with Crippen LogP contribution in [0.25, 0.3) is 5.69 Å². The summed E-state index contributed by atoms with van der Waals surface area (Å²) in [5.41, 5.74) is 0.684. The molecule has 1 fully saturated rings. The number of amides is 2. The number of nitrogens with zero attached hydrogens (tertiary/aromatic N) is 1. The molecule has 8 heteroatoms. The van der Waals surface area contributed by atoms with Crippen LogP contribution in [0.2, 0.25) is 0 Å². The van der Waals surface area contributed by atoms with Crippen LogP contribution in [0.5, 0.6) is 0 Å². The molecule has 2 unspecified atom stereocenters. The number of pyridine rings is 1. The van der Waals surface area contributed by atoms with Crippen LogP contribution in [0.4, 0.5) is 5.69 Å². The van der Waals surface area contributed by atoms with Gasteiger partial charge in [0.2, 0.25) is 0 Å². The average Bonchev–Trinajstić information content (AvgIpc) is 2.69. The van der Waals surface area contributed by atoms with Crippen molar-refractivity contribution in [2.45, 2.75) is 12.5 Å². The molecule has 2 aliphatic rings. The molecule has 0 radical (unpaired) electrons. The molecule has 0 saturated carbocycles. The minimum absolute atomic E-state index is 0.159. The van der Waals surface area contributed by atoms with Crippen molar-refractivity contribution in [1.29, 1.82) is 0 Å². The molecule has 144 valence electrons. The van der Waals surface area contributed by atoms with E-state index < -0.39 is 11.8 Å². The van der Waals surface area contributed by atoms with E-state index in [4.69, 9.17) is 0 Å². The number of fused-ring (bicyclic) bond motifs is 1. The third-order valence-corrected chi connectivity index (χ3v) is 5.09. The van der Waals surface area contributed by atoms with Crippen molar-refractivity contribution in [3.8, 4) is 5.69 Å². The molecule has 2 aromatic rings. The summed E-state index contributed by atoms with van der Waals surface area (Å²) < 4.78 is 1.48. The van der Waals surface area contributed by atoms with E-state index in [9.17, 15) is 19.5 Å². The first kappa shape index (κ1) is 18.0. The minimum Gasteiger partial charge on any atom is -0.511 e. The number of aromatic nitrogens is 1. The number of hydrogen-bond acceptors (Lipinski definition) is 5. The fourth-order valence-corrected chi connectivity index (χ4v) is 3.62. The number of nitrogens with one attached hydrogen (secondary N) is 3. The van der Waals surface area contributed by atoms with Gasteiger partial charge in [0.15, 0.2) is 0 Å². The number of rotatable bonds is 3. The Morgan fingerprint density at radius 1 is 1.14 bits per heavy atom. The zero-order valence-electron chi connectivity index (χ0n) is 15.0. The summed E-state index contributed by atoms with van der Waals surface area (Å²) in [6, 6.07) is 11.4. The highest BCUT2D eigenvalue weighted by Gasteiger charge is 2.39. The molecule has 3 heterocycles. The highest BCUT2D eigenvalue weighted by Crippen LogP contribution is 2.26. The molecule has 8 nitrogen and oxygen atoms in total. The lowest BCUT2D eigenvalue weighted by atomic mass is 9.85. The van der Waals surface area contributed by atoms with E-state index in [1.807, 2.05) is 0 Å². The van der Waals surface area contributed by atoms with Crippen LogP contribution >= 0.6 is 0 Å². The summed E-state index contributed by atoms with van der Waals surface area (Å²) >= 11 is 0. The standard InChI is InChI=1S/C20H20N4O4/c25-16-3-1-2-10-24(16)13-6-4-12(5-7-13)22-19(27)17-18(26)14-11-21-9-8-15(14)23-20(17)28/h1-7,10,14-15,21,26H,8-9,11H2,(H,22,27)(H,23,28). The number of anilines is 1. The third kappa shape index (κ3) is 3.29. The Bertz CT molecular complexity index is 1010. The largest absolute Gasteiger partial charge is 0.511 e. The SMILES string of the molecule is O=C(Nc1ccc(-n2ccccc2=O)cc1)C1=C(O)C2CNCCC2NC1=O. The summed E-state index contributed by atoms with van der Waals surface area (Å²) in [6.07, 6.45) is 2.36. The van der Waals surface area contributed by atoms with Crippen LogP contribution in [0, 0.1) is 5.92 Å². The molecule has 2 atom stereocenters. The van der Waals surface area contributed by atoms with Crippen molar-refractivity contribution >= 4 is 17.5 Å². The van der Waals surface area contributed by atoms with Crippen molar-refractivity contribution in [2.75, 3.05) is 18.4 Å². The average molecular weight is 380 g/mol. The molecule has 0 spiro atoms. The van der Waals surface area contributed by atoms with E-state index in [-0.39, 0.29) is 28.9 Å². The molecular formula is C20H20N4O4. The summed E-state index contributed by atoms with van der Waals surface area (Å²) in [6.45, 7) is 1.27. The van der Waals surface area contributed by atoms with E-state index in [2.05, 4.69) is 16.0 Å². The maximum atomic E-state index is 12.6. The Labute approximate surface area is 160 Å². The third-order valence-electron chi connectivity index (χ3n) is 5.09. The first-order valence-corrected chi connectivity index (χ1v) is 9.09. The molecule has 0 aliphatic carbocycles. The molecule has 0 bridgehead atoms. The zero-order valence-corrected chi connectivity index (χ0v) is 15.0. The topological polar surface area (TPSA) is 112 Å². The first-order chi connectivity index (χ1) is 13.5. The molecule has 2 amide bonds. The monoisotopic (exact) mass is 380 g/mol. The Morgan fingerprint density at radius 3 is 2.68 bits per heavy atom. The highest BCUT2D eigenvalue weighted by molar-refractivity contribution is 6.23. The number of hydrogen-bond donors (Lipinski definition) is 4. The van der Waals surface area contributed by atoms with Crippen LogP contribution in [0.3, 0.4) is 0 Å². The van der Waals surface area contributed by atoms with Crippen LogP contribution in [0.15, 0.2) is 64.8 Å². The maximum Gasteiger partial charge on any atom is 0.264 e. The smallest absolute Gasteiger partial charge is 0.264 e. The zero-order chi connectivity index (χ0) is 19.7. The minimum atomic E-state index is -0.663. The molecular weight excluding hydrogens is 360 g/mol. The number of aliphatic hydroxyl groups is 1. The number of carbonyl (C=O) groups excluding carboxylic acids is 2. The summed E-state index contributed by atoms with van der Waals surface area (Å²) in [5.74, 6) is -1.71. The van der Waals surface area contributed by atoms with Crippen molar-refractivity contribution in [3.05, 3.63) is 70.3 Å². The number of carbonyl (C=O) groups is 2.